The number of nitrogens with one attached hydrogen (secondary N) is 1. The molecule has 0 bridgehead atoms. The van der Waals surface area contributed by atoms with Crippen molar-refractivity contribution in [3.8, 4) is 0 Å². The summed E-state index contributed by atoms with van der Waals surface area (Å²) in [5.74, 6) is -0.133. The summed E-state index contributed by atoms with van der Waals surface area (Å²) in [5.41, 5.74) is 1.02. The van der Waals surface area contributed by atoms with Gasteiger partial charge in [-0.25, -0.2) is 0 Å². The third-order valence-corrected chi connectivity index (χ3v) is 3.34. The van der Waals surface area contributed by atoms with Gasteiger partial charge >= 0.3 is 0 Å². The molecule has 4 unspecified atom stereocenters. The number of rotatable bonds is 3. The minimum atomic E-state index is -0.749. The molecule has 2 rings (SSSR count). The Hall–Kier alpha value is -0.940. The second-order valence-electron chi connectivity index (χ2n) is 4.45. The van der Waals surface area contributed by atoms with Gasteiger partial charge in [0.2, 0.25) is 0 Å². The number of aliphatic hydroxyl groups is 2. The number of methoxy groups -OCH3 is 1. The molecule has 3 N–H and O–H groups in total. The van der Waals surface area contributed by atoms with E-state index in [1.165, 1.54) is 0 Å². The maximum atomic E-state index is 10.0. The normalized spacial score (nSPS) is 31.1. The van der Waals surface area contributed by atoms with Crippen LogP contribution in [-0.2, 0) is 4.74 Å². The van der Waals surface area contributed by atoms with Crippen molar-refractivity contribution in [3.63, 3.8) is 0 Å². The first-order chi connectivity index (χ1) is 8.24. The summed E-state index contributed by atoms with van der Waals surface area (Å²) in [5, 5.41) is 22.8. The maximum absolute atomic E-state index is 10.0. The first-order valence-electron chi connectivity index (χ1n) is 5.88. The summed E-state index contributed by atoms with van der Waals surface area (Å²) in [6.45, 7) is 1.08. The summed E-state index contributed by atoms with van der Waals surface area (Å²) in [4.78, 5) is 0. The molecule has 0 aliphatic carbocycles. The van der Waals surface area contributed by atoms with Crippen molar-refractivity contribution in [2.75, 3.05) is 20.2 Å². The number of aliphatic hydroxyl groups excluding tert-OH is 2. The lowest BCUT2D eigenvalue weighted by Crippen LogP contribution is -2.52. The topological polar surface area (TPSA) is 61.7 Å². The number of benzene rings is 1. The zero-order valence-electron chi connectivity index (χ0n) is 9.91. The molecule has 0 spiro atoms. The second-order valence-corrected chi connectivity index (χ2v) is 4.45. The molecule has 1 fully saturated rings. The van der Waals surface area contributed by atoms with Crippen molar-refractivity contribution >= 4 is 0 Å². The van der Waals surface area contributed by atoms with Crippen molar-refractivity contribution in [2.45, 2.75) is 18.3 Å². The molecule has 94 valence electrons. The second kappa shape index (κ2) is 5.60. The standard InChI is InChI=1S/C13H19NO3/c1-17-13(9-5-3-2-4-6-9)10-7-14-8-11(15)12(10)16/h2-6,10-16H,7-8H2,1H3. The number of β-amino-alcohol motifs (C(OH)–C–C–N with tert-alkyl or cyclic N) is 1. The van der Waals surface area contributed by atoms with E-state index >= 15 is 0 Å². The molecule has 0 amide bonds. The van der Waals surface area contributed by atoms with Gasteiger partial charge in [0.05, 0.1) is 18.3 Å². The summed E-state index contributed by atoms with van der Waals surface area (Å²) < 4.78 is 5.48. The van der Waals surface area contributed by atoms with Crippen LogP contribution < -0.4 is 5.32 Å². The Morgan fingerprint density at radius 1 is 1.24 bits per heavy atom. The van der Waals surface area contributed by atoms with E-state index in [1.54, 1.807) is 7.11 Å². The van der Waals surface area contributed by atoms with Gasteiger partial charge in [-0.15, -0.1) is 0 Å². The predicted molar refractivity (Wildman–Crippen MR) is 64.6 cm³/mol. The molecule has 4 atom stereocenters. The fourth-order valence-corrected chi connectivity index (χ4v) is 2.41. The summed E-state index contributed by atoms with van der Waals surface area (Å²) in [6.07, 6.45) is -1.68. The minimum absolute atomic E-state index is 0.133. The lowest BCUT2D eigenvalue weighted by molar-refractivity contribution is -0.0851. The Labute approximate surface area is 101 Å². The van der Waals surface area contributed by atoms with Crippen LogP contribution >= 0.6 is 0 Å². The molecule has 1 aliphatic heterocycles. The maximum Gasteiger partial charge on any atom is 0.0927 e. The van der Waals surface area contributed by atoms with Gasteiger partial charge in [0.1, 0.15) is 0 Å². The minimum Gasteiger partial charge on any atom is -0.390 e. The zero-order valence-corrected chi connectivity index (χ0v) is 9.91. The fourth-order valence-electron chi connectivity index (χ4n) is 2.41. The van der Waals surface area contributed by atoms with E-state index in [1.807, 2.05) is 30.3 Å². The molecule has 1 heterocycles. The Morgan fingerprint density at radius 3 is 2.59 bits per heavy atom. The molecule has 4 heteroatoms. The highest BCUT2D eigenvalue weighted by Crippen LogP contribution is 2.30. The highest BCUT2D eigenvalue weighted by molar-refractivity contribution is 5.19. The average molecular weight is 237 g/mol. The van der Waals surface area contributed by atoms with Gasteiger partial charge in [0.15, 0.2) is 0 Å². The van der Waals surface area contributed by atoms with Crippen LogP contribution in [-0.4, -0.2) is 42.6 Å². The molecule has 4 nitrogen and oxygen atoms in total. The molecule has 1 aromatic rings. The Kier molecular flexibility index (Phi) is 4.12. The molecule has 17 heavy (non-hydrogen) atoms. The van der Waals surface area contributed by atoms with Crippen molar-refractivity contribution < 1.29 is 14.9 Å². The van der Waals surface area contributed by atoms with Crippen LogP contribution in [0.2, 0.25) is 0 Å². The summed E-state index contributed by atoms with van der Waals surface area (Å²) in [7, 11) is 1.63. The van der Waals surface area contributed by atoms with Crippen LogP contribution in [0.25, 0.3) is 0 Å². The highest BCUT2D eigenvalue weighted by Gasteiger charge is 2.36. The SMILES string of the molecule is COC(c1ccccc1)C1CNCC(O)C1O. The van der Waals surface area contributed by atoms with E-state index in [9.17, 15) is 10.2 Å². The van der Waals surface area contributed by atoms with E-state index in [0.717, 1.165) is 5.56 Å². The van der Waals surface area contributed by atoms with E-state index in [0.29, 0.717) is 13.1 Å². The van der Waals surface area contributed by atoms with Crippen LogP contribution in [0.5, 0.6) is 0 Å². The van der Waals surface area contributed by atoms with Crippen molar-refractivity contribution in [2.24, 2.45) is 5.92 Å². The number of ether oxygens (including phenoxy) is 1. The monoisotopic (exact) mass is 237 g/mol. The molecule has 1 aromatic carbocycles. The smallest absolute Gasteiger partial charge is 0.0927 e. The Bertz CT molecular complexity index is 344. The molecule has 0 aromatic heterocycles. The van der Waals surface area contributed by atoms with Crippen LogP contribution in [0.15, 0.2) is 30.3 Å². The third-order valence-electron chi connectivity index (χ3n) is 3.34. The van der Waals surface area contributed by atoms with E-state index < -0.39 is 12.2 Å². The van der Waals surface area contributed by atoms with Crippen LogP contribution in [0.3, 0.4) is 0 Å². The predicted octanol–water partition coefficient (Wildman–Crippen LogP) is 0.315. The average Bonchev–Trinajstić information content (AvgIpc) is 2.37. The lowest BCUT2D eigenvalue weighted by Gasteiger charge is -2.37. The van der Waals surface area contributed by atoms with E-state index in [2.05, 4.69) is 5.32 Å². The fraction of sp³-hybridized carbons (Fsp3) is 0.538. The molecule has 1 saturated heterocycles. The Balaban J connectivity index is 2.18. The first kappa shape index (κ1) is 12.5. The molecular formula is C13H19NO3. The number of hydrogen-bond donors (Lipinski definition) is 3. The zero-order chi connectivity index (χ0) is 12.3. The van der Waals surface area contributed by atoms with E-state index in [4.69, 9.17) is 4.74 Å². The van der Waals surface area contributed by atoms with Gasteiger partial charge < -0.3 is 20.3 Å². The van der Waals surface area contributed by atoms with Crippen LogP contribution in [0.1, 0.15) is 11.7 Å². The van der Waals surface area contributed by atoms with Crippen molar-refractivity contribution in [1.29, 1.82) is 0 Å². The largest absolute Gasteiger partial charge is 0.390 e. The molecular weight excluding hydrogens is 218 g/mol. The third kappa shape index (κ3) is 2.66. The van der Waals surface area contributed by atoms with Gasteiger partial charge in [-0.3, -0.25) is 0 Å². The molecule has 1 aliphatic rings. The lowest BCUT2D eigenvalue weighted by atomic mass is 9.85. The van der Waals surface area contributed by atoms with Crippen molar-refractivity contribution in [1.82, 2.24) is 5.32 Å². The van der Waals surface area contributed by atoms with Gasteiger partial charge in [-0.2, -0.15) is 0 Å². The van der Waals surface area contributed by atoms with Gasteiger partial charge in [0, 0.05) is 26.1 Å². The number of piperidine rings is 1. The highest BCUT2D eigenvalue weighted by atomic mass is 16.5. The molecule has 0 radical (unpaired) electrons. The van der Waals surface area contributed by atoms with Crippen molar-refractivity contribution in [3.05, 3.63) is 35.9 Å². The quantitative estimate of drug-likeness (QED) is 0.708. The first-order valence-corrected chi connectivity index (χ1v) is 5.88. The van der Waals surface area contributed by atoms with Crippen LogP contribution in [0.4, 0.5) is 0 Å². The molecule has 0 saturated carbocycles. The van der Waals surface area contributed by atoms with Gasteiger partial charge in [-0.1, -0.05) is 30.3 Å². The van der Waals surface area contributed by atoms with E-state index in [-0.39, 0.29) is 12.0 Å². The van der Waals surface area contributed by atoms with Crippen LogP contribution in [0, 0.1) is 5.92 Å². The summed E-state index contributed by atoms with van der Waals surface area (Å²) in [6, 6.07) is 9.78. The summed E-state index contributed by atoms with van der Waals surface area (Å²) >= 11 is 0. The number of hydrogen-bond acceptors (Lipinski definition) is 4. The Morgan fingerprint density at radius 2 is 1.94 bits per heavy atom. The van der Waals surface area contributed by atoms with Gasteiger partial charge in [0.25, 0.3) is 0 Å². The van der Waals surface area contributed by atoms with Gasteiger partial charge in [-0.05, 0) is 5.56 Å².